The second kappa shape index (κ2) is 5.57. The number of pyridine rings is 1. The number of nitrogens with one attached hydrogen (secondary N) is 1. The fraction of sp³-hybridized carbons (Fsp3) is 0.571. The highest BCUT2D eigenvalue weighted by atomic mass is 15.3. The maximum Gasteiger partial charge on any atom is 0.243 e. The van der Waals surface area contributed by atoms with Crippen LogP contribution >= 0.6 is 0 Å². The first-order chi connectivity index (χ1) is 9.31. The molecule has 1 N–H and O–H groups in total. The Balaban J connectivity index is 1.60. The Kier molecular flexibility index (Phi) is 3.64. The molecule has 1 aliphatic rings. The molecule has 2 aromatic rings. The zero-order chi connectivity index (χ0) is 13.1. The molecule has 0 saturated carbocycles. The SMILES string of the molecule is CC(CN1CCCCC1)Nc1nc2ccccn2n1. The molecule has 5 nitrogen and oxygen atoms in total. The molecule has 1 saturated heterocycles. The highest BCUT2D eigenvalue weighted by Crippen LogP contribution is 2.11. The van der Waals surface area contributed by atoms with Gasteiger partial charge < -0.3 is 10.2 Å². The van der Waals surface area contributed by atoms with Crippen molar-refractivity contribution in [3.63, 3.8) is 0 Å². The van der Waals surface area contributed by atoms with Gasteiger partial charge in [0.15, 0.2) is 5.65 Å². The Morgan fingerprint density at radius 3 is 2.89 bits per heavy atom. The highest BCUT2D eigenvalue weighted by molar-refractivity contribution is 5.43. The van der Waals surface area contributed by atoms with Crippen LogP contribution in [-0.2, 0) is 0 Å². The number of fused-ring (bicyclic) bond motifs is 1. The van der Waals surface area contributed by atoms with Gasteiger partial charge in [-0.2, -0.15) is 4.98 Å². The van der Waals surface area contributed by atoms with Crippen LogP contribution in [-0.4, -0.2) is 45.2 Å². The van der Waals surface area contributed by atoms with Gasteiger partial charge in [0, 0.05) is 18.8 Å². The fourth-order valence-electron chi connectivity index (χ4n) is 2.69. The number of likely N-dealkylation sites (tertiary alicyclic amines) is 1. The van der Waals surface area contributed by atoms with E-state index >= 15 is 0 Å². The van der Waals surface area contributed by atoms with Crippen LogP contribution < -0.4 is 5.32 Å². The minimum Gasteiger partial charge on any atom is -0.349 e. The average Bonchev–Trinajstić information content (AvgIpc) is 2.81. The van der Waals surface area contributed by atoms with Gasteiger partial charge in [-0.1, -0.05) is 12.5 Å². The number of hydrogen-bond acceptors (Lipinski definition) is 4. The summed E-state index contributed by atoms with van der Waals surface area (Å²) in [5, 5.41) is 7.82. The second-order valence-electron chi connectivity index (χ2n) is 5.35. The van der Waals surface area contributed by atoms with E-state index in [1.165, 1.54) is 32.4 Å². The molecule has 5 heteroatoms. The minimum absolute atomic E-state index is 0.371. The smallest absolute Gasteiger partial charge is 0.243 e. The monoisotopic (exact) mass is 259 g/mol. The van der Waals surface area contributed by atoms with E-state index in [0.29, 0.717) is 6.04 Å². The normalized spacial score (nSPS) is 18.6. The Labute approximate surface area is 113 Å². The van der Waals surface area contributed by atoms with Gasteiger partial charge in [0.25, 0.3) is 0 Å². The van der Waals surface area contributed by atoms with Gasteiger partial charge in [-0.05, 0) is 45.0 Å². The standard InChI is InChI=1S/C14H21N5/c1-12(11-18-8-4-2-5-9-18)15-14-16-13-7-3-6-10-19(13)17-14/h3,6-7,10,12H,2,4-5,8-9,11H2,1H3,(H,15,17). The average molecular weight is 259 g/mol. The molecular formula is C14H21N5. The predicted octanol–water partition coefficient (Wildman–Crippen LogP) is 2.02. The van der Waals surface area contributed by atoms with Crippen LogP contribution in [0.25, 0.3) is 5.65 Å². The van der Waals surface area contributed by atoms with Crippen molar-refractivity contribution in [2.24, 2.45) is 0 Å². The Morgan fingerprint density at radius 1 is 1.26 bits per heavy atom. The molecule has 102 valence electrons. The first kappa shape index (κ1) is 12.4. The first-order valence-corrected chi connectivity index (χ1v) is 7.11. The van der Waals surface area contributed by atoms with Crippen LogP contribution in [0.1, 0.15) is 26.2 Å². The molecule has 3 rings (SSSR count). The number of anilines is 1. The summed E-state index contributed by atoms with van der Waals surface area (Å²) in [6.45, 7) is 5.71. The van der Waals surface area contributed by atoms with Crippen LogP contribution in [0.4, 0.5) is 5.95 Å². The summed E-state index contributed by atoms with van der Waals surface area (Å²) in [6.07, 6.45) is 5.97. The molecule has 0 amide bonds. The molecule has 2 aromatic heterocycles. The maximum absolute atomic E-state index is 4.47. The minimum atomic E-state index is 0.371. The van der Waals surface area contributed by atoms with Crippen molar-refractivity contribution >= 4 is 11.6 Å². The van der Waals surface area contributed by atoms with E-state index in [4.69, 9.17) is 0 Å². The zero-order valence-corrected chi connectivity index (χ0v) is 11.4. The van der Waals surface area contributed by atoms with Gasteiger partial charge in [-0.3, -0.25) is 0 Å². The molecule has 0 aromatic carbocycles. The lowest BCUT2D eigenvalue weighted by Gasteiger charge is -2.29. The number of nitrogens with zero attached hydrogens (tertiary/aromatic N) is 4. The van der Waals surface area contributed by atoms with Crippen LogP contribution in [0.5, 0.6) is 0 Å². The molecule has 0 radical (unpaired) electrons. The van der Waals surface area contributed by atoms with Gasteiger partial charge in [-0.25, -0.2) is 4.52 Å². The molecule has 0 bridgehead atoms. The van der Waals surface area contributed by atoms with Gasteiger partial charge in [0.05, 0.1) is 0 Å². The third kappa shape index (κ3) is 3.04. The van der Waals surface area contributed by atoms with Gasteiger partial charge in [-0.15, -0.1) is 5.10 Å². The molecule has 1 aliphatic heterocycles. The third-order valence-corrected chi connectivity index (χ3v) is 3.60. The van der Waals surface area contributed by atoms with Crippen LogP contribution in [0, 0.1) is 0 Å². The van der Waals surface area contributed by atoms with E-state index in [1.807, 2.05) is 24.4 Å². The van der Waals surface area contributed by atoms with Crippen molar-refractivity contribution in [3.8, 4) is 0 Å². The molecule has 1 atom stereocenters. The number of rotatable bonds is 4. The van der Waals surface area contributed by atoms with Crippen molar-refractivity contribution in [3.05, 3.63) is 24.4 Å². The van der Waals surface area contributed by atoms with E-state index in [-0.39, 0.29) is 0 Å². The summed E-state index contributed by atoms with van der Waals surface area (Å²) >= 11 is 0. The number of hydrogen-bond donors (Lipinski definition) is 1. The predicted molar refractivity (Wildman–Crippen MR) is 76.4 cm³/mol. The first-order valence-electron chi connectivity index (χ1n) is 7.11. The summed E-state index contributed by atoms with van der Waals surface area (Å²) in [6, 6.07) is 6.27. The van der Waals surface area contributed by atoms with E-state index < -0.39 is 0 Å². The lowest BCUT2D eigenvalue weighted by Crippen LogP contribution is -2.38. The largest absolute Gasteiger partial charge is 0.349 e. The Bertz CT molecular complexity index is 496. The summed E-state index contributed by atoms with van der Waals surface area (Å²) in [5.74, 6) is 0.718. The summed E-state index contributed by atoms with van der Waals surface area (Å²) in [7, 11) is 0. The Morgan fingerprint density at radius 2 is 2.11 bits per heavy atom. The zero-order valence-electron chi connectivity index (χ0n) is 11.4. The van der Waals surface area contributed by atoms with Crippen LogP contribution in [0.15, 0.2) is 24.4 Å². The molecule has 3 heterocycles. The van der Waals surface area contributed by atoms with Crippen molar-refractivity contribution in [2.75, 3.05) is 25.0 Å². The number of piperidine rings is 1. The van der Waals surface area contributed by atoms with Crippen LogP contribution in [0.3, 0.4) is 0 Å². The highest BCUT2D eigenvalue weighted by Gasteiger charge is 2.14. The summed E-state index contributed by atoms with van der Waals surface area (Å²) in [4.78, 5) is 6.99. The molecule has 0 aliphatic carbocycles. The Hall–Kier alpha value is -1.62. The molecular weight excluding hydrogens is 238 g/mol. The molecule has 1 fully saturated rings. The topological polar surface area (TPSA) is 45.5 Å². The van der Waals surface area contributed by atoms with Crippen molar-refractivity contribution in [1.82, 2.24) is 19.5 Å². The van der Waals surface area contributed by atoms with E-state index in [2.05, 4.69) is 27.2 Å². The van der Waals surface area contributed by atoms with Crippen molar-refractivity contribution in [1.29, 1.82) is 0 Å². The van der Waals surface area contributed by atoms with Gasteiger partial charge >= 0.3 is 0 Å². The molecule has 1 unspecified atom stereocenters. The fourth-order valence-corrected chi connectivity index (χ4v) is 2.69. The second-order valence-corrected chi connectivity index (χ2v) is 5.35. The number of aromatic nitrogens is 3. The summed E-state index contributed by atoms with van der Waals surface area (Å²) < 4.78 is 1.80. The summed E-state index contributed by atoms with van der Waals surface area (Å²) in [5.41, 5.74) is 0.884. The van der Waals surface area contributed by atoms with E-state index in [1.54, 1.807) is 4.52 Å². The van der Waals surface area contributed by atoms with Gasteiger partial charge in [0.2, 0.25) is 5.95 Å². The quantitative estimate of drug-likeness (QED) is 0.912. The van der Waals surface area contributed by atoms with Crippen molar-refractivity contribution in [2.45, 2.75) is 32.2 Å². The maximum atomic E-state index is 4.47. The molecule has 0 spiro atoms. The van der Waals surface area contributed by atoms with Crippen LogP contribution in [0.2, 0.25) is 0 Å². The van der Waals surface area contributed by atoms with E-state index in [9.17, 15) is 0 Å². The van der Waals surface area contributed by atoms with Crippen molar-refractivity contribution < 1.29 is 0 Å². The van der Waals surface area contributed by atoms with E-state index in [0.717, 1.165) is 18.1 Å². The molecule has 19 heavy (non-hydrogen) atoms. The third-order valence-electron chi connectivity index (χ3n) is 3.60. The lowest BCUT2D eigenvalue weighted by molar-refractivity contribution is 0.223. The van der Waals surface area contributed by atoms with Gasteiger partial charge in [0.1, 0.15) is 0 Å². The lowest BCUT2D eigenvalue weighted by atomic mass is 10.1.